The van der Waals surface area contributed by atoms with Crippen LogP contribution in [0.5, 0.6) is 0 Å². The second-order valence-electron chi connectivity index (χ2n) is 3.90. The fourth-order valence-electron chi connectivity index (χ4n) is 1.83. The van der Waals surface area contributed by atoms with Crippen molar-refractivity contribution < 1.29 is 0 Å². The van der Waals surface area contributed by atoms with Crippen molar-refractivity contribution >= 4 is 0 Å². The van der Waals surface area contributed by atoms with Gasteiger partial charge in [0.1, 0.15) is 0 Å². The van der Waals surface area contributed by atoms with E-state index in [4.69, 9.17) is 0 Å². The molecule has 0 bridgehead atoms. The Hall–Kier alpha value is -1.61. The summed E-state index contributed by atoms with van der Waals surface area (Å²) in [4.78, 5) is 7.63. The first-order chi connectivity index (χ1) is 7.83. The Morgan fingerprint density at radius 3 is 2.88 bits per heavy atom. The van der Waals surface area contributed by atoms with E-state index in [-0.39, 0.29) is 0 Å². The molecule has 0 fully saturated rings. The van der Waals surface area contributed by atoms with Crippen LogP contribution < -0.4 is 5.32 Å². The maximum atomic E-state index is 4.42. The maximum absolute atomic E-state index is 4.42. The molecule has 84 valence electrons. The molecule has 16 heavy (non-hydrogen) atoms. The lowest BCUT2D eigenvalue weighted by Crippen LogP contribution is -2.11. The minimum Gasteiger partial charge on any atom is -0.348 e. The van der Waals surface area contributed by atoms with Crippen molar-refractivity contribution in [3.05, 3.63) is 41.9 Å². The fraction of sp³-hybridized carbons (Fsp3) is 0.308. The van der Waals surface area contributed by atoms with Crippen LogP contribution in [-0.2, 0) is 6.42 Å². The average Bonchev–Trinajstić information content (AvgIpc) is 2.75. The van der Waals surface area contributed by atoms with Gasteiger partial charge in [0.2, 0.25) is 0 Å². The molecule has 2 N–H and O–H groups in total. The molecule has 0 aliphatic carbocycles. The first-order valence-electron chi connectivity index (χ1n) is 5.55. The molecule has 1 aromatic carbocycles. The van der Waals surface area contributed by atoms with Crippen LogP contribution in [-0.4, -0.2) is 23.6 Å². The average molecular weight is 215 g/mol. The molecule has 0 saturated carbocycles. The minimum absolute atomic E-state index is 0.959. The number of nitrogens with zero attached hydrogens (tertiary/aromatic N) is 1. The van der Waals surface area contributed by atoms with Crippen molar-refractivity contribution in [3.63, 3.8) is 0 Å². The first-order valence-corrected chi connectivity index (χ1v) is 5.55. The molecule has 2 rings (SSSR count). The summed E-state index contributed by atoms with van der Waals surface area (Å²) in [6.07, 6.45) is 2.74. The second-order valence-corrected chi connectivity index (χ2v) is 3.90. The predicted molar refractivity (Wildman–Crippen MR) is 66.4 cm³/mol. The Kier molecular flexibility index (Phi) is 3.37. The van der Waals surface area contributed by atoms with Crippen LogP contribution in [0.2, 0.25) is 0 Å². The van der Waals surface area contributed by atoms with Crippen LogP contribution in [0, 0.1) is 6.92 Å². The van der Waals surface area contributed by atoms with E-state index in [1.807, 2.05) is 7.05 Å². The molecule has 3 heteroatoms. The third-order valence-corrected chi connectivity index (χ3v) is 2.74. The SMILES string of the molecule is CNCCc1[nH]cnc1-c1ccccc1C. The molecule has 0 aliphatic rings. The Balaban J connectivity index is 2.33. The molecule has 0 amide bonds. The molecule has 1 heterocycles. The minimum atomic E-state index is 0.959. The Bertz CT molecular complexity index is 460. The van der Waals surface area contributed by atoms with E-state index in [0.29, 0.717) is 0 Å². The van der Waals surface area contributed by atoms with Gasteiger partial charge in [0.25, 0.3) is 0 Å². The van der Waals surface area contributed by atoms with Crippen LogP contribution in [0.25, 0.3) is 11.3 Å². The quantitative estimate of drug-likeness (QED) is 0.820. The van der Waals surface area contributed by atoms with Gasteiger partial charge in [0.05, 0.1) is 12.0 Å². The van der Waals surface area contributed by atoms with Crippen molar-refractivity contribution in [3.8, 4) is 11.3 Å². The molecule has 0 aliphatic heterocycles. The van der Waals surface area contributed by atoms with Gasteiger partial charge in [-0.15, -0.1) is 0 Å². The zero-order chi connectivity index (χ0) is 11.4. The highest BCUT2D eigenvalue weighted by atomic mass is 14.9. The normalized spacial score (nSPS) is 10.6. The van der Waals surface area contributed by atoms with Gasteiger partial charge in [-0.25, -0.2) is 4.98 Å². The highest BCUT2D eigenvalue weighted by molar-refractivity contribution is 5.65. The lowest BCUT2D eigenvalue weighted by atomic mass is 10.0. The highest BCUT2D eigenvalue weighted by Gasteiger charge is 2.09. The summed E-state index contributed by atoms with van der Waals surface area (Å²) in [5, 5.41) is 3.15. The number of nitrogens with one attached hydrogen (secondary N) is 2. The van der Waals surface area contributed by atoms with E-state index in [0.717, 1.165) is 18.7 Å². The first kappa shape index (κ1) is 10.9. The van der Waals surface area contributed by atoms with Gasteiger partial charge in [0, 0.05) is 24.2 Å². The summed E-state index contributed by atoms with van der Waals surface area (Å²) < 4.78 is 0. The van der Waals surface area contributed by atoms with E-state index >= 15 is 0 Å². The van der Waals surface area contributed by atoms with Gasteiger partial charge in [-0.2, -0.15) is 0 Å². The van der Waals surface area contributed by atoms with E-state index in [1.54, 1.807) is 6.33 Å². The number of hydrogen-bond acceptors (Lipinski definition) is 2. The van der Waals surface area contributed by atoms with Gasteiger partial charge < -0.3 is 10.3 Å². The number of aryl methyl sites for hydroxylation is 1. The van der Waals surface area contributed by atoms with Crippen molar-refractivity contribution in [1.82, 2.24) is 15.3 Å². The number of aromatic nitrogens is 2. The van der Waals surface area contributed by atoms with Crippen LogP contribution in [0.15, 0.2) is 30.6 Å². The predicted octanol–water partition coefficient (Wildman–Crippen LogP) is 2.15. The summed E-state index contributed by atoms with van der Waals surface area (Å²) in [6, 6.07) is 8.35. The fourth-order valence-corrected chi connectivity index (χ4v) is 1.83. The lowest BCUT2D eigenvalue weighted by molar-refractivity contribution is 0.781. The number of H-pyrrole nitrogens is 1. The van der Waals surface area contributed by atoms with Crippen LogP contribution in [0.1, 0.15) is 11.3 Å². The standard InChI is InChI=1S/C13H17N3/c1-10-5-3-4-6-11(10)13-12(7-8-14-2)15-9-16-13/h3-6,9,14H,7-8H2,1-2H3,(H,15,16). The number of imidazole rings is 1. The summed E-state index contributed by atoms with van der Waals surface area (Å²) in [7, 11) is 1.96. The smallest absolute Gasteiger partial charge is 0.0929 e. The molecule has 2 aromatic rings. The molecule has 0 spiro atoms. The van der Waals surface area contributed by atoms with Gasteiger partial charge in [-0.3, -0.25) is 0 Å². The largest absolute Gasteiger partial charge is 0.348 e. The van der Waals surface area contributed by atoms with Crippen LogP contribution >= 0.6 is 0 Å². The van der Waals surface area contributed by atoms with Crippen molar-refractivity contribution in [2.75, 3.05) is 13.6 Å². The van der Waals surface area contributed by atoms with E-state index in [9.17, 15) is 0 Å². The summed E-state index contributed by atoms with van der Waals surface area (Å²) in [5.41, 5.74) is 4.76. The third kappa shape index (κ3) is 2.14. The molecule has 0 unspecified atom stereocenters. The highest BCUT2D eigenvalue weighted by Crippen LogP contribution is 2.23. The molecule has 3 nitrogen and oxygen atoms in total. The summed E-state index contributed by atoms with van der Waals surface area (Å²) >= 11 is 0. The Morgan fingerprint density at radius 1 is 1.31 bits per heavy atom. The lowest BCUT2D eigenvalue weighted by Gasteiger charge is -2.05. The Labute approximate surface area is 95.9 Å². The summed E-state index contributed by atoms with van der Waals surface area (Å²) in [6.45, 7) is 3.08. The molecule has 0 saturated heterocycles. The molecule has 0 atom stereocenters. The van der Waals surface area contributed by atoms with Gasteiger partial charge in [-0.1, -0.05) is 24.3 Å². The summed E-state index contributed by atoms with van der Waals surface area (Å²) in [5.74, 6) is 0. The number of rotatable bonds is 4. The van der Waals surface area contributed by atoms with E-state index in [1.165, 1.54) is 16.8 Å². The zero-order valence-electron chi connectivity index (χ0n) is 9.75. The second kappa shape index (κ2) is 4.94. The van der Waals surface area contributed by atoms with Crippen molar-refractivity contribution in [2.24, 2.45) is 0 Å². The monoisotopic (exact) mass is 215 g/mol. The number of likely N-dealkylation sites (N-methyl/N-ethyl adjacent to an activating group) is 1. The third-order valence-electron chi connectivity index (χ3n) is 2.74. The van der Waals surface area contributed by atoms with Crippen molar-refractivity contribution in [2.45, 2.75) is 13.3 Å². The van der Waals surface area contributed by atoms with E-state index < -0.39 is 0 Å². The number of benzene rings is 1. The van der Waals surface area contributed by atoms with Gasteiger partial charge in [-0.05, 0) is 19.5 Å². The molecular formula is C13H17N3. The zero-order valence-corrected chi connectivity index (χ0v) is 9.75. The van der Waals surface area contributed by atoms with Crippen molar-refractivity contribution in [1.29, 1.82) is 0 Å². The van der Waals surface area contributed by atoms with E-state index in [2.05, 4.69) is 46.5 Å². The molecular weight excluding hydrogens is 198 g/mol. The van der Waals surface area contributed by atoms with Gasteiger partial charge in [0.15, 0.2) is 0 Å². The number of hydrogen-bond donors (Lipinski definition) is 2. The topological polar surface area (TPSA) is 40.7 Å². The number of aromatic amines is 1. The molecule has 0 radical (unpaired) electrons. The molecule has 1 aromatic heterocycles. The maximum Gasteiger partial charge on any atom is 0.0929 e. The van der Waals surface area contributed by atoms with Crippen LogP contribution in [0.3, 0.4) is 0 Å². The van der Waals surface area contributed by atoms with Gasteiger partial charge >= 0.3 is 0 Å². The van der Waals surface area contributed by atoms with Crippen LogP contribution in [0.4, 0.5) is 0 Å². The Morgan fingerprint density at radius 2 is 2.12 bits per heavy atom.